The summed E-state index contributed by atoms with van der Waals surface area (Å²) in [6.07, 6.45) is 6.53. The van der Waals surface area contributed by atoms with Gasteiger partial charge in [0, 0.05) is 30.4 Å². The van der Waals surface area contributed by atoms with Crippen LogP contribution in [0.5, 0.6) is 0 Å². The lowest BCUT2D eigenvalue weighted by Crippen LogP contribution is -2.40. The van der Waals surface area contributed by atoms with Gasteiger partial charge in [-0.3, -0.25) is 9.48 Å². The van der Waals surface area contributed by atoms with E-state index in [-0.39, 0.29) is 17.4 Å². The molecule has 1 atom stereocenters. The normalized spacial score (nSPS) is 18.7. The highest BCUT2D eigenvalue weighted by molar-refractivity contribution is 5.96. The molecule has 0 spiro atoms. The van der Waals surface area contributed by atoms with Gasteiger partial charge in [-0.15, -0.1) is 0 Å². The molecule has 3 aromatic heterocycles. The maximum absolute atomic E-state index is 13.1. The summed E-state index contributed by atoms with van der Waals surface area (Å²) >= 11 is 0. The fraction of sp³-hybridized carbons (Fsp3) is 0.480. The molecule has 4 heterocycles. The molecule has 0 bridgehead atoms. The highest BCUT2D eigenvalue weighted by atomic mass is 19.1. The number of carbonyl (C=O) groups excluding carboxylic acids is 1. The van der Waals surface area contributed by atoms with Crippen LogP contribution in [-0.4, -0.2) is 43.2 Å². The van der Waals surface area contributed by atoms with Crippen molar-refractivity contribution in [1.82, 2.24) is 24.7 Å². The van der Waals surface area contributed by atoms with E-state index in [1.54, 1.807) is 0 Å². The fourth-order valence-corrected chi connectivity index (χ4v) is 4.84. The van der Waals surface area contributed by atoms with E-state index in [0.717, 1.165) is 42.2 Å². The Morgan fingerprint density at radius 3 is 2.74 bits per heavy atom. The molecule has 9 nitrogen and oxygen atoms in total. The number of amides is 1. The lowest BCUT2D eigenvalue weighted by atomic mass is 9.90. The van der Waals surface area contributed by atoms with E-state index in [0.29, 0.717) is 24.6 Å². The molecule has 5 rings (SSSR count). The largest absolute Gasteiger partial charge is 0.329 e. The number of pyridine rings is 1. The number of nitrogens with zero attached hydrogens (tertiary/aromatic N) is 6. The molecule has 0 saturated carbocycles. The molecule has 0 radical (unpaired) electrons. The number of halogens is 1. The molecule has 1 saturated heterocycles. The Balaban J connectivity index is 1.44. The van der Waals surface area contributed by atoms with Crippen molar-refractivity contribution in [1.29, 1.82) is 0 Å². The van der Waals surface area contributed by atoms with Crippen LogP contribution in [0.4, 0.5) is 27.7 Å². The van der Waals surface area contributed by atoms with Crippen LogP contribution < -0.4 is 15.5 Å². The predicted molar refractivity (Wildman–Crippen MR) is 132 cm³/mol. The van der Waals surface area contributed by atoms with Gasteiger partial charge in [0.05, 0.1) is 17.6 Å². The lowest BCUT2D eigenvalue weighted by molar-refractivity contribution is -0.117. The van der Waals surface area contributed by atoms with Gasteiger partial charge in [0.25, 0.3) is 0 Å². The first kappa shape index (κ1) is 23.2. The zero-order valence-electron chi connectivity index (χ0n) is 20.5. The molecule has 35 heavy (non-hydrogen) atoms. The molecule has 1 aliphatic heterocycles. The topological polar surface area (TPSA) is 101 Å². The Kier molecular flexibility index (Phi) is 5.90. The van der Waals surface area contributed by atoms with Crippen LogP contribution in [0.3, 0.4) is 0 Å². The minimum Gasteiger partial charge on any atom is -0.329 e. The van der Waals surface area contributed by atoms with Crippen LogP contribution in [0.1, 0.15) is 57.8 Å². The smallest absolute Gasteiger partial charge is 0.247 e. The highest BCUT2D eigenvalue weighted by Crippen LogP contribution is 2.40. The number of nitrogens with one attached hydrogen (secondary N) is 2. The van der Waals surface area contributed by atoms with Crippen molar-refractivity contribution in [2.24, 2.45) is 5.41 Å². The van der Waals surface area contributed by atoms with Crippen molar-refractivity contribution < 1.29 is 9.18 Å². The molecule has 0 unspecified atom stereocenters. The number of carbonyl (C=O) groups is 1. The second-order valence-corrected chi connectivity index (χ2v) is 10.4. The van der Waals surface area contributed by atoms with Crippen LogP contribution in [0.15, 0.2) is 30.6 Å². The van der Waals surface area contributed by atoms with Gasteiger partial charge in [-0.05, 0) is 57.1 Å². The van der Waals surface area contributed by atoms with Gasteiger partial charge in [-0.2, -0.15) is 14.5 Å². The Morgan fingerprint density at radius 2 is 2.03 bits per heavy atom. The maximum atomic E-state index is 13.1. The maximum Gasteiger partial charge on any atom is 0.247 e. The summed E-state index contributed by atoms with van der Waals surface area (Å²) in [5, 5.41) is 10.9. The average molecular weight is 479 g/mol. The summed E-state index contributed by atoms with van der Waals surface area (Å²) in [4.78, 5) is 28.5. The monoisotopic (exact) mass is 478 g/mol. The zero-order chi connectivity index (χ0) is 24.7. The van der Waals surface area contributed by atoms with E-state index >= 15 is 0 Å². The molecule has 1 amide bonds. The molecular weight excluding hydrogens is 447 g/mol. The summed E-state index contributed by atoms with van der Waals surface area (Å²) < 4.78 is 15.0. The first-order valence-electron chi connectivity index (χ1n) is 12.1. The number of aromatic nitrogens is 5. The van der Waals surface area contributed by atoms with Gasteiger partial charge in [0.15, 0.2) is 5.82 Å². The number of hydrogen-bond donors (Lipinski definition) is 2. The molecule has 2 N–H and O–H groups in total. The standard InChI is InChI=1S/C25H31FN8O/c1-15(2)34-11-9-21(32-34)30-22-17-12-25(3,4)13-18(17)29-24(31-22)33-10-5-6-19(33)23(35)28-16-7-8-20(26)27-14-16/h7-9,11,14-15,19H,5-6,10,12-13H2,1-4H3,(H,28,35)(H,29,30,31,32)/t19-/m0/s1. The van der Waals surface area contributed by atoms with E-state index in [9.17, 15) is 9.18 Å². The summed E-state index contributed by atoms with van der Waals surface area (Å²) in [5.41, 5.74) is 2.67. The molecular formula is C25H31FN8O. The van der Waals surface area contributed by atoms with Crippen LogP contribution in [-0.2, 0) is 17.6 Å². The van der Waals surface area contributed by atoms with E-state index < -0.39 is 12.0 Å². The third kappa shape index (κ3) is 4.82. The van der Waals surface area contributed by atoms with Gasteiger partial charge >= 0.3 is 0 Å². The Labute approximate surface area is 204 Å². The number of rotatable bonds is 6. The van der Waals surface area contributed by atoms with Gasteiger partial charge < -0.3 is 15.5 Å². The fourth-order valence-electron chi connectivity index (χ4n) is 4.84. The van der Waals surface area contributed by atoms with Crippen LogP contribution >= 0.6 is 0 Å². The van der Waals surface area contributed by atoms with E-state index in [4.69, 9.17) is 9.97 Å². The zero-order valence-corrected chi connectivity index (χ0v) is 20.5. The number of anilines is 4. The molecule has 0 aromatic carbocycles. The third-order valence-corrected chi connectivity index (χ3v) is 6.57. The Hall–Kier alpha value is -3.56. The van der Waals surface area contributed by atoms with Crippen LogP contribution in [0.2, 0.25) is 0 Å². The minimum absolute atomic E-state index is 0.0841. The van der Waals surface area contributed by atoms with E-state index in [1.807, 2.05) is 21.8 Å². The summed E-state index contributed by atoms with van der Waals surface area (Å²) in [7, 11) is 0. The van der Waals surface area contributed by atoms with Crippen molar-refractivity contribution in [2.45, 2.75) is 65.5 Å². The van der Waals surface area contributed by atoms with Crippen molar-refractivity contribution >= 4 is 29.2 Å². The van der Waals surface area contributed by atoms with Crippen LogP contribution in [0.25, 0.3) is 0 Å². The second kappa shape index (κ2) is 8.90. The van der Waals surface area contributed by atoms with Gasteiger partial charge in [0.2, 0.25) is 17.8 Å². The van der Waals surface area contributed by atoms with Crippen molar-refractivity contribution in [3.8, 4) is 0 Å². The van der Waals surface area contributed by atoms with Gasteiger partial charge in [0.1, 0.15) is 11.9 Å². The van der Waals surface area contributed by atoms with E-state index in [1.165, 1.54) is 18.3 Å². The SMILES string of the molecule is CC(C)n1ccc(Nc2nc(N3CCC[C@H]3C(=O)Nc3ccc(F)nc3)nc3c2CC(C)(C)C3)n1. The Morgan fingerprint density at radius 1 is 1.20 bits per heavy atom. The summed E-state index contributed by atoms with van der Waals surface area (Å²) in [6.45, 7) is 9.31. The molecule has 184 valence electrons. The molecule has 1 fully saturated rings. The minimum atomic E-state index is -0.585. The number of hydrogen-bond acceptors (Lipinski definition) is 7. The molecule has 2 aliphatic rings. The first-order valence-corrected chi connectivity index (χ1v) is 12.1. The second-order valence-electron chi connectivity index (χ2n) is 10.4. The van der Waals surface area contributed by atoms with Crippen molar-refractivity contribution in [2.75, 3.05) is 22.1 Å². The predicted octanol–water partition coefficient (Wildman–Crippen LogP) is 4.26. The van der Waals surface area contributed by atoms with Crippen molar-refractivity contribution in [3.63, 3.8) is 0 Å². The quantitative estimate of drug-likeness (QED) is 0.511. The van der Waals surface area contributed by atoms with Crippen LogP contribution in [0, 0.1) is 11.4 Å². The van der Waals surface area contributed by atoms with Crippen molar-refractivity contribution in [3.05, 3.63) is 47.8 Å². The first-order chi connectivity index (χ1) is 16.7. The number of fused-ring (bicyclic) bond motifs is 1. The Bertz CT molecular complexity index is 1240. The molecule has 3 aromatic rings. The summed E-state index contributed by atoms with van der Waals surface area (Å²) in [5.74, 6) is 1.26. The highest BCUT2D eigenvalue weighted by Gasteiger charge is 2.37. The van der Waals surface area contributed by atoms with Gasteiger partial charge in [-0.1, -0.05) is 13.8 Å². The van der Waals surface area contributed by atoms with E-state index in [2.05, 4.69) is 48.4 Å². The summed E-state index contributed by atoms with van der Waals surface area (Å²) in [6, 6.07) is 4.52. The lowest BCUT2D eigenvalue weighted by Gasteiger charge is -2.25. The average Bonchev–Trinajstić information content (AvgIpc) is 3.52. The third-order valence-electron chi connectivity index (χ3n) is 6.57. The van der Waals surface area contributed by atoms with Gasteiger partial charge in [-0.25, -0.2) is 9.97 Å². The molecule has 10 heteroatoms. The molecule has 1 aliphatic carbocycles.